The van der Waals surface area contributed by atoms with Gasteiger partial charge in [0, 0.05) is 17.5 Å². The van der Waals surface area contributed by atoms with Gasteiger partial charge in [-0.2, -0.15) is 0 Å². The number of carbonyl (C=O) groups excluding carboxylic acids is 2. The molecule has 3 heteroatoms. The number of benzene rings is 2. The van der Waals surface area contributed by atoms with Crippen LogP contribution in [0.5, 0.6) is 0 Å². The van der Waals surface area contributed by atoms with E-state index in [0.29, 0.717) is 12.0 Å². The SMILES string of the molecule is CC(C)(C)CC(=O)N(C(=O)c1ccc(-c2ccccc2)cc1)C(C)(C)C. The van der Waals surface area contributed by atoms with E-state index in [1.165, 1.54) is 4.90 Å². The van der Waals surface area contributed by atoms with Crippen LogP contribution < -0.4 is 0 Å². The van der Waals surface area contributed by atoms with Gasteiger partial charge in [-0.3, -0.25) is 14.5 Å². The van der Waals surface area contributed by atoms with Gasteiger partial charge in [0.1, 0.15) is 0 Å². The van der Waals surface area contributed by atoms with Crippen molar-refractivity contribution in [3.63, 3.8) is 0 Å². The zero-order valence-corrected chi connectivity index (χ0v) is 16.7. The third-order valence-electron chi connectivity index (χ3n) is 4.04. The van der Waals surface area contributed by atoms with Crippen LogP contribution in [0.25, 0.3) is 11.1 Å². The predicted molar refractivity (Wildman–Crippen MR) is 107 cm³/mol. The molecular formula is C23H29NO2. The smallest absolute Gasteiger partial charge is 0.260 e. The van der Waals surface area contributed by atoms with Gasteiger partial charge in [-0.15, -0.1) is 0 Å². The van der Waals surface area contributed by atoms with Crippen molar-refractivity contribution < 1.29 is 9.59 Å². The van der Waals surface area contributed by atoms with Gasteiger partial charge in [-0.1, -0.05) is 63.2 Å². The van der Waals surface area contributed by atoms with Crippen LogP contribution in [0, 0.1) is 5.41 Å². The Balaban J connectivity index is 2.30. The summed E-state index contributed by atoms with van der Waals surface area (Å²) >= 11 is 0. The molecule has 2 aromatic rings. The lowest BCUT2D eigenvalue weighted by molar-refractivity contribution is -0.134. The second-order valence-corrected chi connectivity index (χ2v) is 8.89. The maximum Gasteiger partial charge on any atom is 0.260 e. The average Bonchev–Trinajstić information content (AvgIpc) is 2.53. The first-order chi connectivity index (χ1) is 12.0. The summed E-state index contributed by atoms with van der Waals surface area (Å²) in [4.78, 5) is 27.3. The minimum Gasteiger partial charge on any atom is -0.274 e. The zero-order valence-electron chi connectivity index (χ0n) is 16.7. The molecule has 0 heterocycles. The number of nitrogens with zero attached hydrogens (tertiary/aromatic N) is 1. The fourth-order valence-corrected chi connectivity index (χ4v) is 2.89. The zero-order chi connectivity index (χ0) is 19.5. The van der Waals surface area contributed by atoms with Crippen molar-refractivity contribution in [3.8, 4) is 11.1 Å². The van der Waals surface area contributed by atoms with Crippen molar-refractivity contribution in [1.29, 1.82) is 0 Å². The van der Waals surface area contributed by atoms with Crippen molar-refractivity contribution in [3.05, 3.63) is 60.2 Å². The second-order valence-electron chi connectivity index (χ2n) is 8.89. The number of hydrogen-bond acceptors (Lipinski definition) is 2. The van der Waals surface area contributed by atoms with Crippen molar-refractivity contribution in [2.45, 2.75) is 53.5 Å². The molecule has 0 aliphatic carbocycles. The molecule has 0 spiro atoms. The number of hydrogen-bond donors (Lipinski definition) is 0. The molecule has 138 valence electrons. The Morgan fingerprint density at radius 2 is 1.27 bits per heavy atom. The van der Waals surface area contributed by atoms with Gasteiger partial charge in [-0.25, -0.2) is 0 Å². The van der Waals surface area contributed by atoms with E-state index < -0.39 is 5.54 Å². The summed E-state index contributed by atoms with van der Waals surface area (Å²) in [5.74, 6) is -0.381. The van der Waals surface area contributed by atoms with Gasteiger partial charge in [0.2, 0.25) is 5.91 Å². The lowest BCUT2D eigenvalue weighted by Gasteiger charge is -2.35. The highest BCUT2D eigenvalue weighted by Crippen LogP contribution is 2.26. The van der Waals surface area contributed by atoms with Gasteiger partial charge in [0.25, 0.3) is 5.91 Å². The van der Waals surface area contributed by atoms with Crippen LogP contribution in [0.2, 0.25) is 0 Å². The lowest BCUT2D eigenvalue weighted by atomic mass is 9.90. The molecule has 2 amide bonds. The van der Waals surface area contributed by atoms with Crippen molar-refractivity contribution in [2.24, 2.45) is 5.41 Å². The normalized spacial score (nSPS) is 11.9. The minimum atomic E-state index is -0.572. The fourth-order valence-electron chi connectivity index (χ4n) is 2.89. The van der Waals surface area contributed by atoms with Crippen LogP contribution >= 0.6 is 0 Å². The third-order valence-corrected chi connectivity index (χ3v) is 4.04. The predicted octanol–water partition coefficient (Wildman–Crippen LogP) is 5.56. The molecule has 0 aromatic heterocycles. The molecule has 0 saturated carbocycles. The quantitative estimate of drug-likeness (QED) is 0.726. The van der Waals surface area contributed by atoms with Crippen LogP contribution in [0.15, 0.2) is 54.6 Å². The van der Waals surface area contributed by atoms with Crippen molar-refractivity contribution in [1.82, 2.24) is 4.90 Å². The highest BCUT2D eigenvalue weighted by atomic mass is 16.2. The fraction of sp³-hybridized carbons (Fsp3) is 0.391. The van der Waals surface area contributed by atoms with Crippen LogP contribution in [-0.2, 0) is 4.79 Å². The molecule has 2 rings (SSSR count). The van der Waals surface area contributed by atoms with Gasteiger partial charge < -0.3 is 0 Å². The molecule has 0 aliphatic rings. The van der Waals surface area contributed by atoms with E-state index in [9.17, 15) is 9.59 Å². The van der Waals surface area contributed by atoms with E-state index in [-0.39, 0.29) is 17.2 Å². The summed E-state index contributed by atoms with van der Waals surface area (Å²) < 4.78 is 0. The number of carbonyl (C=O) groups is 2. The molecule has 0 saturated heterocycles. The molecule has 0 unspecified atom stereocenters. The van der Waals surface area contributed by atoms with E-state index in [4.69, 9.17) is 0 Å². The maximum absolute atomic E-state index is 13.1. The topological polar surface area (TPSA) is 37.4 Å². The summed E-state index contributed by atoms with van der Waals surface area (Å²) in [7, 11) is 0. The van der Waals surface area contributed by atoms with Gasteiger partial charge in [0.05, 0.1) is 0 Å². The number of imide groups is 1. The van der Waals surface area contributed by atoms with E-state index in [0.717, 1.165) is 11.1 Å². The maximum atomic E-state index is 13.1. The Morgan fingerprint density at radius 1 is 0.769 bits per heavy atom. The number of amides is 2. The standard InChI is InChI=1S/C23H29NO2/c1-22(2,3)16-20(25)24(23(4,5)6)21(26)19-14-12-18(13-15-19)17-10-8-7-9-11-17/h7-15H,16H2,1-6H3. The van der Waals surface area contributed by atoms with Crippen LogP contribution in [0.3, 0.4) is 0 Å². The molecule has 3 nitrogen and oxygen atoms in total. The minimum absolute atomic E-state index is 0.137. The molecule has 26 heavy (non-hydrogen) atoms. The summed E-state index contributed by atoms with van der Waals surface area (Å²) in [6.45, 7) is 11.7. The van der Waals surface area contributed by atoms with E-state index in [2.05, 4.69) is 0 Å². The summed E-state index contributed by atoms with van der Waals surface area (Å²) in [5, 5.41) is 0. The average molecular weight is 351 g/mol. The first-order valence-corrected chi connectivity index (χ1v) is 9.02. The summed E-state index contributed by atoms with van der Waals surface area (Å²) in [6, 6.07) is 17.5. The van der Waals surface area contributed by atoms with Crippen LogP contribution in [0.4, 0.5) is 0 Å². The molecule has 0 atom stereocenters. The number of rotatable bonds is 3. The molecular weight excluding hydrogens is 322 g/mol. The van der Waals surface area contributed by atoms with E-state index in [1.807, 2.05) is 84.0 Å². The third kappa shape index (κ3) is 5.04. The van der Waals surface area contributed by atoms with Crippen molar-refractivity contribution >= 4 is 11.8 Å². The van der Waals surface area contributed by atoms with Gasteiger partial charge >= 0.3 is 0 Å². The molecule has 0 bridgehead atoms. The molecule has 2 aromatic carbocycles. The summed E-state index contributed by atoms with van der Waals surface area (Å²) in [6.07, 6.45) is 0.331. The first kappa shape index (κ1) is 19.9. The van der Waals surface area contributed by atoms with Gasteiger partial charge in [0.15, 0.2) is 0 Å². The Morgan fingerprint density at radius 3 is 1.73 bits per heavy atom. The molecule has 0 radical (unpaired) electrons. The highest BCUT2D eigenvalue weighted by Gasteiger charge is 2.34. The Hall–Kier alpha value is -2.42. The molecule has 0 N–H and O–H groups in total. The van der Waals surface area contributed by atoms with Gasteiger partial charge in [-0.05, 0) is 49.4 Å². The van der Waals surface area contributed by atoms with Crippen LogP contribution in [0.1, 0.15) is 58.3 Å². The Labute approximate surface area is 157 Å². The highest BCUT2D eigenvalue weighted by molar-refractivity contribution is 6.05. The lowest BCUT2D eigenvalue weighted by Crippen LogP contribution is -2.50. The van der Waals surface area contributed by atoms with Crippen molar-refractivity contribution in [2.75, 3.05) is 0 Å². The van der Waals surface area contributed by atoms with E-state index in [1.54, 1.807) is 12.1 Å². The first-order valence-electron chi connectivity index (χ1n) is 9.02. The van der Waals surface area contributed by atoms with E-state index >= 15 is 0 Å². The monoisotopic (exact) mass is 351 g/mol. The Kier molecular flexibility index (Phi) is 5.70. The molecule has 0 fully saturated rings. The second kappa shape index (κ2) is 7.45. The van der Waals surface area contributed by atoms with Crippen LogP contribution in [-0.4, -0.2) is 22.3 Å². The Bertz CT molecular complexity index is 763. The largest absolute Gasteiger partial charge is 0.274 e. The summed E-state index contributed by atoms with van der Waals surface area (Å²) in [5.41, 5.74) is 1.94. The molecule has 0 aliphatic heterocycles.